The van der Waals surface area contributed by atoms with Crippen molar-refractivity contribution in [1.29, 1.82) is 0 Å². The lowest BCUT2D eigenvalue weighted by Crippen LogP contribution is -2.41. The van der Waals surface area contributed by atoms with Crippen LogP contribution in [0.4, 0.5) is 0 Å². The van der Waals surface area contributed by atoms with Gasteiger partial charge in [0.2, 0.25) is 0 Å². The van der Waals surface area contributed by atoms with E-state index < -0.39 is 0 Å². The standard InChI is InChI=1S/C17H19N7O/c1-2-15-20-21-16-9-8-12(10-23(15)16)18-17(25)14-11-24(22-19-14)13-6-4-3-5-7-13/h3-7,11-12H,2,8-10H2,1H3,(H,18,25). The van der Waals surface area contributed by atoms with Crippen molar-refractivity contribution >= 4 is 5.91 Å². The highest BCUT2D eigenvalue weighted by molar-refractivity contribution is 5.92. The third-order valence-corrected chi connectivity index (χ3v) is 4.42. The van der Waals surface area contributed by atoms with Crippen molar-refractivity contribution in [2.75, 3.05) is 0 Å². The third kappa shape index (κ3) is 3.02. The number of para-hydroxylation sites is 1. The molecule has 1 N–H and O–H groups in total. The van der Waals surface area contributed by atoms with E-state index >= 15 is 0 Å². The van der Waals surface area contributed by atoms with Gasteiger partial charge in [0.05, 0.1) is 11.9 Å². The smallest absolute Gasteiger partial charge is 0.273 e. The molecule has 1 amide bonds. The molecule has 3 heterocycles. The normalized spacial score (nSPS) is 16.4. The van der Waals surface area contributed by atoms with Gasteiger partial charge in [-0.1, -0.05) is 30.3 Å². The molecule has 1 unspecified atom stereocenters. The van der Waals surface area contributed by atoms with E-state index in [1.54, 1.807) is 10.9 Å². The van der Waals surface area contributed by atoms with Crippen LogP contribution in [-0.4, -0.2) is 41.7 Å². The molecule has 8 nitrogen and oxygen atoms in total. The van der Waals surface area contributed by atoms with Crippen LogP contribution >= 0.6 is 0 Å². The number of rotatable bonds is 4. The zero-order valence-corrected chi connectivity index (χ0v) is 14.0. The van der Waals surface area contributed by atoms with E-state index in [0.717, 1.165) is 36.6 Å². The van der Waals surface area contributed by atoms with Crippen LogP contribution in [0.5, 0.6) is 0 Å². The van der Waals surface area contributed by atoms with E-state index in [9.17, 15) is 4.79 Å². The first kappa shape index (κ1) is 15.5. The quantitative estimate of drug-likeness (QED) is 0.772. The van der Waals surface area contributed by atoms with E-state index in [4.69, 9.17) is 0 Å². The Balaban J connectivity index is 1.45. The molecule has 1 aromatic carbocycles. The van der Waals surface area contributed by atoms with E-state index in [0.29, 0.717) is 12.2 Å². The summed E-state index contributed by atoms with van der Waals surface area (Å²) in [6.45, 7) is 2.76. The fraction of sp³-hybridized carbons (Fsp3) is 0.353. The summed E-state index contributed by atoms with van der Waals surface area (Å²) < 4.78 is 3.71. The van der Waals surface area contributed by atoms with Gasteiger partial charge in [0.1, 0.15) is 11.6 Å². The van der Waals surface area contributed by atoms with Crippen molar-refractivity contribution in [3.63, 3.8) is 0 Å². The second kappa shape index (κ2) is 6.46. The summed E-state index contributed by atoms with van der Waals surface area (Å²) in [5.41, 5.74) is 1.18. The minimum atomic E-state index is -0.207. The number of aryl methyl sites for hydroxylation is 2. The number of hydrogen-bond donors (Lipinski definition) is 1. The van der Waals surface area contributed by atoms with Gasteiger partial charge < -0.3 is 9.88 Å². The highest BCUT2D eigenvalue weighted by Gasteiger charge is 2.24. The Morgan fingerprint density at radius 1 is 1.24 bits per heavy atom. The van der Waals surface area contributed by atoms with E-state index in [1.807, 2.05) is 30.3 Å². The molecule has 8 heteroatoms. The molecule has 128 valence electrons. The molecular weight excluding hydrogens is 318 g/mol. The third-order valence-electron chi connectivity index (χ3n) is 4.42. The van der Waals surface area contributed by atoms with Gasteiger partial charge in [0.25, 0.3) is 5.91 Å². The minimum Gasteiger partial charge on any atom is -0.346 e. The summed E-state index contributed by atoms with van der Waals surface area (Å²) in [5, 5.41) is 19.5. The Hall–Kier alpha value is -3.03. The fourth-order valence-electron chi connectivity index (χ4n) is 3.10. The molecule has 0 aliphatic carbocycles. The van der Waals surface area contributed by atoms with Gasteiger partial charge in [-0.3, -0.25) is 4.79 Å². The maximum absolute atomic E-state index is 12.5. The molecule has 1 aliphatic heterocycles. The maximum Gasteiger partial charge on any atom is 0.273 e. The number of carbonyl (C=O) groups excluding carboxylic acids is 1. The highest BCUT2D eigenvalue weighted by atomic mass is 16.2. The van der Waals surface area contributed by atoms with Crippen molar-refractivity contribution in [2.24, 2.45) is 0 Å². The van der Waals surface area contributed by atoms with Gasteiger partial charge in [-0.25, -0.2) is 4.68 Å². The lowest BCUT2D eigenvalue weighted by Gasteiger charge is -2.24. The summed E-state index contributed by atoms with van der Waals surface area (Å²) in [4.78, 5) is 12.5. The van der Waals surface area contributed by atoms with Gasteiger partial charge >= 0.3 is 0 Å². The fourth-order valence-corrected chi connectivity index (χ4v) is 3.10. The van der Waals surface area contributed by atoms with Crippen LogP contribution in [0.25, 0.3) is 5.69 Å². The van der Waals surface area contributed by atoms with E-state index in [1.165, 1.54) is 0 Å². The molecule has 0 fully saturated rings. The van der Waals surface area contributed by atoms with Gasteiger partial charge in [0, 0.05) is 25.4 Å². The topological polar surface area (TPSA) is 90.5 Å². The molecule has 4 rings (SSSR count). The minimum absolute atomic E-state index is 0.0446. The van der Waals surface area contributed by atoms with Gasteiger partial charge in [-0.05, 0) is 18.6 Å². The Bertz CT molecular complexity index is 870. The summed E-state index contributed by atoms with van der Waals surface area (Å²) in [7, 11) is 0. The zero-order chi connectivity index (χ0) is 17.2. The zero-order valence-electron chi connectivity index (χ0n) is 14.0. The Kier molecular flexibility index (Phi) is 4.01. The first-order chi connectivity index (χ1) is 12.2. The monoisotopic (exact) mass is 337 g/mol. The molecule has 0 saturated carbocycles. The van der Waals surface area contributed by atoms with Crippen LogP contribution in [0.15, 0.2) is 36.5 Å². The summed E-state index contributed by atoms with van der Waals surface area (Å²) in [5.74, 6) is 1.75. The molecule has 0 spiro atoms. The maximum atomic E-state index is 12.5. The molecule has 0 bridgehead atoms. The lowest BCUT2D eigenvalue weighted by atomic mass is 10.1. The summed E-state index contributed by atoms with van der Waals surface area (Å²) >= 11 is 0. The second-order valence-corrected chi connectivity index (χ2v) is 6.09. The van der Waals surface area contributed by atoms with E-state index in [2.05, 4.69) is 37.3 Å². The summed E-state index contributed by atoms with van der Waals surface area (Å²) in [6.07, 6.45) is 4.14. The first-order valence-electron chi connectivity index (χ1n) is 8.44. The predicted octanol–water partition coefficient (Wildman–Crippen LogP) is 1.17. The number of carbonyl (C=O) groups is 1. The number of nitrogens with zero attached hydrogens (tertiary/aromatic N) is 6. The number of hydrogen-bond acceptors (Lipinski definition) is 5. The summed E-state index contributed by atoms with van der Waals surface area (Å²) in [6, 6.07) is 9.64. The molecular formula is C17H19N7O. The van der Waals surface area contributed by atoms with Crippen LogP contribution in [0.1, 0.15) is 35.5 Å². The van der Waals surface area contributed by atoms with Crippen molar-refractivity contribution in [3.05, 3.63) is 53.9 Å². The average Bonchev–Trinajstić information content (AvgIpc) is 3.29. The Labute approximate surface area is 144 Å². The SMILES string of the molecule is CCc1nnc2n1CC(NC(=O)c1cn(-c3ccccc3)nn1)CC2. The molecule has 1 aliphatic rings. The average molecular weight is 337 g/mol. The number of amides is 1. The van der Waals surface area contributed by atoms with Crippen molar-refractivity contribution in [2.45, 2.75) is 38.8 Å². The van der Waals surface area contributed by atoms with Crippen LogP contribution in [0.3, 0.4) is 0 Å². The van der Waals surface area contributed by atoms with Crippen molar-refractivity contribution in [1.82, 2.24) is 35.1 Å². The molecule has 0 saturated heterocycles. The molecule has 0 radical (unpaired) electrons. The second-order valence-electron chi connectivity index (χ2n) is 6.09. The van der Waals surface area contributed by atoms with E-state index in [-0.39, 0.29) is 11.9 Å². The van der Waals surface area contributed by atoms with Gasteiger partial charge in [-0.15, -0.1) is 15.3 Å². The first-order valence-corrected chi connectivity index (χ1v) is 8.44. The van der Waals surface area contributed by atoms with Crippen LogP contribution in [-0.2, 0) is 19.4 Å². The number of benzene rings is 1. The van der Waals surface area contributed by atoms with Crippen LogP contribution in [0.2, 0.25) is 0 Å². The van der Waals surface area contributed by atoms with Gasteiger partial charge in [0.15, 0.2) is 5.69 Å². The number of fused-ring (bicyclic) bond motifs is 1. The Morgan fingerprint density at radius 3 is 2.88 bits per heavy atom. The lowest BCUT2D eigenvalue weighted by molar-refractivity contribution is 0.0922. The number of aromatic nitrogens is 6. The predicted molar refractivity (Wildman–Crippen MR) is 90.3 cm³/mol. The van der Waals surface area contributed by atoms with Crippen molar-refractivity contribution < 1.29 is 4.79 Å². The Morgan fingerprint density at radius 2 is 2.08 bits per heavy atom. The van der Waals surface area contributed by atoms with Crippen molar-refractivity contribution in [3.8, 4) is 5.69 Å². The molecule has 3 aromatic rings. The largest absolute Gasteiger partial charge is 0.346 e. The number of nitrogens with one attached hydrogen (secondary N) is 1. The molecule has 25 heavy (non-hydrogen) atoms. The van der Waals surface area contributed by atoms with Crippen LogP contribution in [0, 0.1) is 0 Å². The highest BCUT2D eigenvalue weighted by Crippen LogP contribution is 2.16. The molecule has 2 aromatic heterocycles. The van der Waals surface area contributed by atoms with Gasteiger partial charge in [-0.2, -0.15) is 0 Å². The molecule has 1 atom stereocenters. The van der Waals surface area contributed by atoms with Crippen LogP contribution < -0.4 is 5.32 Å².